The maximum atomic E-state index is 12.3. The van der Waals surface area contributed by atoms with Crippen LogP contribution in [0.3, 0.4) is 0 Å². The molecule has 0 saturated heterocycles. The summed E-state index contributed by atoms with van der Waals surface area (Å²) in [6.45, 7) is 10.4. The first-order chi connectivity index (χ1) is 9.77. The standard InChI is InChI=1S/C15H28N2O5/c1-14(2,3)17(13(20)22-15(4,5)6)9-11(18)16(7)10-12(19)21-8/h9-10H2,1-8H3. The van der Waals surface area contributed by atoms with E-state index < -0.39 is 23.2 Å². The molecular weight excluding hydrogens is 288 g/mol. The van der Waals surface area contributed by atoms with Gasteiger partial charge >= 0.3 is 12.1 Å². The van der Waals surface area contributed by atoms with Crippen LogP contribution in [-0.2, 0) is 19.1 Å². The molecule has 7 nitrogen and oxygen atoms in total. The summed E-state index contributed by atoms with van der Waals surface area (Å²) in [7, 11) is 2.73. The van der Waals surface area contributed by atoms with Gasteiger partial charge in [-0.1, -0.05) is 0 Å². The second-order valence-electron chi connectivity index (χ2n) is 7.06. The molecule has 0 aliphatic rings. The van der Waals surface area contributed by atoms with E-state index >= 15 is 0 Å². The van der Waals surface area contributed by atoms with E-state index in [2.05, 4.69) is 4.74 Å². The minimum Gasteiger partial charge on any atom is -0.468 e. The molecule has 0 aromatic rings. The van der Waals surface area contributed by atoms with Crippen LogP contribution in [0.4, 0.5) is 4.79 Å². The molecule has 0 aromatic heterocycles. The lowest BCUT2D eigenvalue weighted by Crippen LogP contribution is -2.52. The number of ether oxygens (including phenoxy) is 2. The first kappa shape index (κ1) is 20.2. The molecule has 7 heteroatoms. The fourth-order valence-corrected chi connectivity index (χ4v) is 1.49. The van der Waals surface area contributed by atoms with Crippen LogP contribution < -0.4 is 0 Å². The highest BCUT2D eigenvalue weighted by Gasteiger charge is 2.33. The molecule has 0 spiro atoms. The molecule has 0 unspecified atom stereocenters. The van der Waals surface area contributed by atoms with E-state index in [-0.39, 0.29) is 19.0 Å². The maximum absolute atomic E-state index is 12.3. The number of likely N-dealkylation sites (N-methyl/N-ethyl adjacent to an activating group) is 1. The molecule has 128 valence electrons. The monoisotopic (exact) mass is 316 g/mol. The summed E-state index contributed by atoms with van der Waals surface area (Å²) in [5, 5.41) is 0. The Hall–Kier alpha value is -1.79. The van der Waals surface area contributed by atoms with Gasteiger partial charge in [0.1, 0.15) is 18.7 Å². The van der Waals surface area contributed by atoms with Gasteiger partial charge < -0.3 is 14.4 Å². The second-order valence-corrected chi connectivity index (χ2v) is 7.06. The molecule has 0 bridgehead atoms. The lowest BCUT2D eigenvalue weighted by atomic mass is 10.1. The highest BCUT2D eigenvalue weighted by molar-refractivity contribution is 5.85. The minimum absolute atomic E-state index is 0.165. The SMILES string of the molecule is COC(=O)CN(C)C(=O)CN(C(=O)OC(C)(C)C)C(C)(C)C. The number of carbonyl (C=O) groups is 3. The summed E-state index contributed by atoms with van der Waals surface area (Å²) in [5.41, 5.74) is -1.24. The third kappa shape index (κ3) is 7.28. The number of carbonyl (C=O) groups excluding carboxylic acids is 3. The van der Waals surface area contributed by atoms with Crippen LogP contribution in [0.5, 0.6) is 0 Å². The van der Waals surface area contributed by atoms with Gasteiger partial charge in [-0.25, -0.2) is 4.79 Å². The highest BCUT2D eigenvalue weighted by Crippen LogP contribution is 2.18. The normalized spacial score (nSPS) is 11.6. The van der Waals surface area contributed by atoms with Crippen LogP contribution in [0.25, 0.3) is 0 Å². The van der Waals surface area contributed by atoms with Gasteiger partial charge in [0, 0.05) is 12.6 Å². The second kappa shape index (κ2) is 7.47. The zero-order valence-electron chi connectivity index (χ0n) is 14.8. The molecule has 22 heavy (non-hydrogen) atoms. The lowest BCUT2D eigenvalue weighted by Gasteiger charge is -2.37. The molecule has 0 aliphatic carbocycles. The average molecular weight is 316 g/mol. The number of esters is 1. The lowest BCUT2D eigenvalue weighted by molar-refractivity contribution is -0.146. The van der Waals surface area contributed by atoms with E-state index in [1.807, 2.05) is 20.8 Å². The Balaban J connectivity index is 4.98. The Morgan fingerprint density at radius 1 is 0.955 bits per heavy atom. The van der Waals surface area contributed by atoms with Crippen LogP contribution in [0.2, 0.25) is 0 Å². The Bertz CT molecular complexity index is 421. The zero-order valence-corrected chi connectivity index (χ0v) is 14.8. The Morgan fingerprint density at radius 2 is 1.45 bits per heavy atom. The van der Waals surface area contributed by atoms with E-state index in [0.29, 0.717) is 0 Å². The number of rotatable bonds is 4. The summed E-state index contributed by atoms with van der Waals surface area (Å²) >= 11 is 0. The Labute approximate surface area is 132 Å². The largest absolute Gasteiger partial charge is 0.468 e. The third-order valence-corrected chi connectivity index (χ3v) is 2.74. The molecule has 0 fully saturated rings. The molecule has 0 aromatic carbocycles. The van der Waals surface area contributed by atoms with Crippen molar-refractivity contribution in [1.82, 2.24) is 9.80 Å². The van der Waals surface area contributed by atoms with Crippen LogP contribution in [0, 0.1) is 0 Å². The molecule has 0 heterocycles. The van der Waals surface area contributed by atoms with Crippen molar-refractivity contribution in [2.24, 2.45) is 0 Å². The molecule has 0 saturated carbocycles. The number of amides is 2. The molecule has 0 radical (unpaired) electrons. The van der Waals surface area contributed by atoms with Crippen molar-refractivity contribution in [1.29, 1.82) is 0 Å². The number of methoxy groups -OCH3 is 1. The smallest absolute Gasteiger partial charge is 0.411 e. The first-order valence-corrected chi connectivity index (χ1v) is 7.09. The van der Waals surface area contributed by atoms with Crippen molar-refractivity contribution in [2.75, 3.05) is 27.2 Å². The van der Waals surface area contributed by atoms with Crippen molar-refractivity contribution in [3.05, 3.63) is 0 Å². The van der Waals surface area contributed by atoms with Crippen molar-refractivity contribution < 1.29 is 23.9 Å². The van der Waals surface area contributed by atoms with E-state index in [1.54, 1.807) is 20.8 Å². The van der Waals surface area contributed by atoms with Gasteiger partial charge in [-0.05, 0) is 41.5 Å². The van der Waals surface area contributed by atoms with E-state index in [0.717, 1.165) is 0 Å². The average Bonchev–Trinajstić information content (AvgIpc) is 2.31. The predicted molar refractivity (Wildman–Crippen MR) is 82.3 cm³/mol. The van der Waals surface area contributed by atoms with E-state index in [4.69, 9.17) is 4.74 Å². The quantitative estimate of drug-likeness (QED) is 0.737. The topological polar surface area (TPSA) is 76.2 Å². The van der Waals surface area contributed by atoms with Crippen molar-refractivity contribution in [3.8, 4) is 0 Å². The van der Waals surface area contributed by atoms with Gasteiger partial charge in [-0.3, -0.25) is 14.5 Å². The predicted octanol–water partition coefficient (Wildman–Crippen LogP) is 1.65. The van der Waals surface area contributed by atoms with Gasteiger partial charge in [-0.15, -0.1) is 0 Å². The first-order valence-electron chi connectivity index (χ1n) is 7.09. The van der Waals surface area contributed by atoms with Crippen molar-refractivity contribution in [3.63, 3.8) is 0 Å². The summed E-state index contributed by atoms with van der Waals surface area (Å²) in [6, 6.07) is 0. The van der Waals surface area contributed by atoms with Crippen LogP contribution >= 0.6 is 0 Å². The zero-order chi connectivity index (χ0) is 17.7. The van der Waals surface area contributed by atoms with E-state index in [9.17, 15) is 14.4 Å². The molecule has 0 aliphatic heterocycles. The van der Waals surface area contributed by atoms with Crippen LogP contribution in [-0.4, -0.2) is 66.2 Å². The number of hydrogen-bond acceptors (Lipinski definition) is 5. The minimum atomic E-state index is -0.651. The summed E-state index contributed by atoms with van der Waals surface area (Å²) in [4.78, 5) is 38.2. The van der Waals surface area contributed by atoms with Gasteiger partial charge in [0.2, 0.25) is 5.91 Å². The number of nitrogens with zero attached hydrogens (tertiary/aromatic N) is 2. The van der Waals surface area contributed by atoms with Gasteiger partial charge in [0.05, 0.1) is 7.11 Å². The van der Waals surface area contributed by atoms with Crippen molar-refractivity contribution >= 4 is 18.0 Å². The molecule has 0 N–H and O–H groups in total. The van der Waals surface area contributed by atoms with Gasteiger partial charge in [-0.2, -0.15) is 0 Å². The molecule has 2 amide bonds. The van der Waals surface area contributed by atoms with Crippen LogP contribution in [0.15, 0.2) is 0 Å². The fourth-order valence-electron chi connectivity index (χ4n) is 1.49. The molecular formula is C15H28N2O5. The Kier molecular flexibility index (Phi) is 6.86. The van der Waals surface area contributed by atoms with Gasteiger partial charge in [0.15, 0.2) is 0 Å². The fraction of sp³-hybridized carbons (Fsp3) is 0.800. The van der Waals surface area contributed by atoms with Crippen LogP contribution in [0.1, 0.15) is 41.5 Å². The highest BCUT2D eigenvalue weighted by atomic mass is 16.6. The Morgan fingerprint density at radius 3 is 1.82 bits per heavy atom. The maximum Gasteiger partial charge on any atom is 0.411 e. The summed E-state index contributed by atoms with van der Waals surface area (Å²) < 4.78 is 9.85. The third-order valence-electron chi connectivity index (χ3n) is 2.74. The molecule has 0 atom stereocenters. The molecule has 0 rings (SSSR count). The van der Waals surface area contributed by atoms with E-state index in [1.165, 1.54) is 24.0 Å². The number of hydrogen-bond donors (Lipinski definition) is 0. The van der Waals surface area contributed by atoms with Gasteiger partial charge in [0.25, 0.3) is 0 Å². The van der Waals surface area contributed by atoms with Crippen molar-refractivity contribution in [2.45, 2.75) is 52.7 Å². The summed E-state index contributed by atoms with van der Waals surface area (Å²) in [6.07, 6.45) is -0.570. The summed E-state index contributed by atoms with van der Waals surface area (Å²) in [5.74, 6) is -0.887.